The van der Waals surface area contributed by atoms with Crippen LogP contribution in [-0.2, 0) is 4.74 Å². The van der Waals surface area contributed by atoms with Gasteiger partial charge in [-0.1, -0.05) is 22.0 Å². The van der Waals surface area contributed by atoms with Gasteiger partial charge in [-0.3, -0.25) is 0 Å². The smallest absolute Gasteiger partial charge is 0.133 e. The fourth-order valence-electron chi connectivity index (χ4n) is 1.84. The van der Waals surface area contributed by atoms with E-state index in [-0.39, 0.29) is 4.83 Å². The van der Waals surface area contributed by atoms with Crippen LogP contribution in [0, 0.1) is 6.92 Å². The molecule has 1 heterocycles. The minimum absolute atomic E-state index is 0.207. The van der Waals surface area contributed by atoms with Crippen LogP contribution in [0.3, 0.4) is 0 Å². The number of rotatable bonds is 6. The molecular formula is C15H16Br2O2S. The monoisotopic (exact) mass is 418 g/mol. The van der Waals surface area contributed by atoms with Gasteiger partial charge < -0.3 is 9.47 Å². The number of ether oxygens (including phenoxy) is 2. The summed E-state index contributed by atoms with van der Waals surface area (Å²) in [6.07, 6.45) is 0. The van der Waals surface area contributed by atoms with Gasteiger partial charge >= 0.3 is 0 Å². The summed E-state index contributed by atoms with van der Waals surface area (Å²) in [6, 6.07) is 6.17. The standard InChI is InChI=1S/C15H16Br2O2S/c1-10-8-20-9-12(10)15(17)11-3-4-14(13(16)7-11)19-6-5-18-2/h3-4,7-9,15H,5-6H2,1-2H3. The lowest BCUT2D eigenvalue weighted by Crippen LogP contribution is -2.05. The zero-order valence-corrected chi connectivity index (χ0v) is 15.3. The van der Waals surface area contributed by atoms with Crippen LogP contribution in [0.1, 0.15) is 21.5 Å². The Balaban J connectivity index is 2.14. The van der Waals surface area contributed by atoms with Gasteiger partial charge in [0.05, 0.1) is 15.9 Å². The van der Waals surface area contributed by atoms with E-state index in [2.05, 4.69) is 61.7 Å². The molecule has 0 spiro atoms. The van der Waals surface area contributed by atoms with E-state index in [0.29, 0.717) is 13.2 Å². The molecule has 108 valence electrons. The molecule has 0 amide bonds. The molecule has 0 aliphatic heterocycles. The van der Waals surface area contributed by atoms with Crippen molar-refractivity contribution in [2.24, 2.45) is 0 Å². The number of hydrogen-bond acceptors (Lipinski definition) is 3. The molecule has 0 fully saturated rings. The van der Waals surface area contributed by atoms with Crippen molar-refractivity contribution >= 4 is 43.2 Å². The van der Waals surface area contributed by atoms with E-state index in [1.54, 1.807) is 18.4 Å². The van der Waals surface area contributed by atoms with Gasteiger partial charge in [0.25, 0.3) is 0 Å². The van der Waals surface area contributed by atoms with Gasteiger partial charge in [-0.05, 0) is 62.4 Å². The van der Waals surface area contributed by atoms with Crippen LogP contribution in [0.15, 0.2) is 33.4 Å². The predicted molar refractivity (Wildman–Crippen MR) is 91.3 cm³/mol. The maximum atomic E-state index is 5.64. The number of hydrogen-bond donors (Lipinski definition) is 0. The van der Waals surface area contributed by atoms with Crippen LogP contribution in [0.2, 0.25) is 0 Å². The topological polar surface area (TPSA) is 18.5 Å². The number of thiophene rings is 1. The van der Waals surface area contributed by atoms with E-state index in [1.165, 1.54) is 16.7 Å². The summed E-state index contributed by atoms with van der Waals surface area (Å²) in [5.41, 5.74) is 3.83. The molecule has 2 nitrogen and oxygen atoms in total. The number of aryl methyl sites for hydroxylation is 1. The largest absolute Gasteiger partial charge is 0.490 e. The van der Waals surface area contributed by atoms with Crippen molar-refractivity contribution in [1.29, 1.82) is 0 Å². The van der Waals surface area contributed by atoms with Crippen LogP contribution in [0.5, 0.6) is 5.75 Å². The Morgan fingerprint density at radius 2 is 2.05 bits per heavy atom. The van der Waals surface area contributed by atoms with Gasteiger partial charge in [-0.2, -0.15) is 11.3 Å². The molecule has 1 unspecified atom stereocenters. The second kappa shape index (κ2) is 7.59. The van der Waals surface area contributed by atoms with Gasteiger partial charge in [-0.15, -0.1) is 0 Å². The van der Waals surface area contributed by atoms with Crippen molar-refractivity contribution in [3.63, 3.8) is 0 Å². The third-order valence-corrected chi connectivity index (χ3v) is 5.48. The summed E-state index contributed by atoms with van der Waals surface area (Å²) >= 11 is 9.07. The third kappa shape index (κ3) is 3.85. The summed E-state index contributed by atoms with van der Waals surface area (Å²) in [5.74, 6) is 0.840. The van der Waals surface area contributed by atoms with Crippen molar-refractivity contribution in [1.82, 2.24) is 0 Å². The van der Waals surface area contributed by atoms with Gasteiger partial charge in [-0.25, -0.2) is 0 Å². The zero-order chi connectivity index (χ0) is 14.5. The second-order valence-corrected chi connectivity index (χ2v) is 6.92. The normalized spacial score (nSPS) is 12.4. The maximum absolute atomic E-state index is 5.64. The van der Waals surface area contributed by atoms with Crippen molar-refractivity contribution in [2.45, 2.75) is 11.8 Å². The number of benzene rings is 1. The molecule has 1 aromatic carbocycles. The van der Waals surface area contributed by atoms with Crippen LogP contribution in [-0.4, -0.2) is 20.3 Å². The molecule has 20 heavy (non-hydrogen) atoms. The highest BCUT2D eigenvalue weighted by Gasteiger charge is 2.15. The summed E-state index contributed by atoms with van der Waals surface area (Å²) in [4.78, 5) is 0.207. The van der Waals surface area contributed by atoms with Gasteiger partial charge in [0, 0.05) is 7.11 Å². The fourth-order valence-corrected chi connectivity index (χ4v) is 4.18. The molecule has 2 aromatic rings. The van der Waals surface area contributed by atoms with E-state index in [4.69, 9.17) is 9.47 Å². The molecule has 1 atom stereocenters. The Hall–Kier alpha value is -0.360. The van der Waals surface area contributed by atoms with E-state index in [0.717, 1.165) is 10.2 Å². The minimum Gasteiger partial charge on any atom is -0.490 e. The molecule has 0 N–H and O–H groups in total. The first kappa shape index (κ1) is 16.0. The average Bonchev–Trinajstić information content (AvgIpc) is 2.86. The summed E-state index contributed by atoms with van der Waals surface area (Å²) in [5, 5.41) is 4.35. The molecule has 0 aliphatic carbocycles. The first-order chi connectivity index (χ1) is 9.63. The van der Waals surface area contributed by atoms with Crippen LogP contribution >= 0.6 is 43.2 Å². The highest BCUT2D eigenvalue weighted by molar-refractivity contribution is 9.10. The van der Waals surface area contributed by atoms with E-state index in [9.17, 15) is 0 Å². The van der Waals surface area contributed by atoms with E-state index >= 15 is 0 Å². The highest BCUT2D eigenvalue weighted by atomic mass is 79.9. The lowest BCUT2D eigenvalue weighted by Gasteiger charge is -2.13. The third-order valence-electron chi connectivity index (χ3n) is 2.96. The predicted octanol–water partition coefficient (Wildman–Crippen LogP) is 5.33. The molecule has 0 saturated carbocycles. The van der Waals surface area contributed by atoms with Gasteiger partial charge in [0.1, 0.15) is 12.4 Å². The molecule has 0 bridgehead atoms. The first-order valence-corrected chi connectivity index (χ1v) is 8.86. The molecule has 1 aromatic heterocycles. The van der Waals surface area contributed by atoms with E-state index in [1.807, 2.05) is 6.07 Å². The van der Waals surface area contributed by atoms with Crippen LogP contribution < -0.4 is 4.74 Å². The molecule has 2 rings (SSSR count). The average molecular weight is 420 g/mol. The Morgan fingerprint density at radius 3 is 2.65 bits per heavy atom. The molecule has 0 saturated heterocycles. The molecule has 0 aliphatic rings. The van der Waals surface area contributed by atoms with E-state index < -0.39 is 0 Å². The molecule has 0 radical (unpaired) electrons. The number of halogens is 2. The lowest BCUT2D eigenvalue weighted by molar-refractivity contribution is 0.146. The fraction of sp³-hybridized carbons (Fsp3) is 0.333. The summed E-state index contributed by atoms with van der Waals surface area (Å²) in [7, 11) is 1.67. The summed E-state index contributed by atoms with van der Waals surface area (Å²) < 4.78 is 11.6. The Labute approximate surface area is 140 Å². The Morgan fingerprint density at radius 1 is 1.25 bits per heavy atom. The first-order valence-electron chi connectivity index (χ1n) is 6.21. The Bertz CT molecular complexity index is 569. The van der Waals surface area contributed by atoms with Crippen LogP contribution in [0.25, 0.3) is 0 Å². The van der Waals surface area contributed by atoms with Gasteiger partial charge in [0.15, 0.2) is 0 Å². The van der Waals surface area contributed by atoms with Gasteiger partial charge in [0.2, 0.25) is 0 Å². The quantitative estimate of drug-likeness (QED) is 0.465. The maximum Gasteiger partial charge on any atom is 0.133 e. The zero-order valence-electron chi connectivity index (χ0n) is 11.4. The highest BCUT2D eigenvalue weighted by Crippen LogP contribution is 2.37. The summed E-state index contributed by atoms with van der Waals surface area (Å²) in [6.45, 7) is 3.27. The van der Waals surface area contributed by atoms with Crippen molar-refractivity contribution in [3.8, 4) is 5.75 Å². The van der Waals surface area contributed by atoms with Crippen molar-refractivity contribution < 1.29 is 9.47 Å². The Kier molecular flexibility index (Phi) is 6.08. The number of methoxy groups -OCH3 is 1. The van der Waals surface area contributed by atoms with Crippen molar-refractivity contribution in [2.75, 3.05) is 20.3 Å². The van der Waals surface area contributed by atoms with Crippen LogP contribution in [0.4, 0.5) is 0 Å². The minimum atomic E-state index is 0.207. The number of alkyl halides is 1. The second-order valence-electron chi connectivity index (χ2n) is 4.40. The van der Waals surface area contributed by atoms with Crippen molar-refractivity contribution in [3.05, 3.63) is 50.1 Å². The molecular weight excluding hydrogens is 404 g/mol. The SMILES string of the molecule is COCCOc1ccc(C(Br)c2cscc2C)cc1Br. The lowest BCUT2D eigenvalue weighted by atomic mass is 10.0. The molecule has 5 heteroatoms.